The van der Waals surface area contributed by atoms with Crippen molar-refractivity contribution >= 4 is 65.6 Å². The van der Waals surface area contributed by atoms with Gasteiger partial charge in [0.25, 0.3) is 0 Å². The molecule has 0 fully saturated rings. The summed E-state index contributed by atoms with van der Waals surface area (Å²) in [4.78, 5) is 15.8. The smallest absolute Gasteiger partial charge is 0.164 e. The second-order valence-electron chi connectivity index (χ2n) is 19.1. The lowest BCUT2D eigenvalue weighted by Crippen LogP contribution is -2.01. The summed E-state index contributed by atoms with van der Waals surface area (Å²) in [5, 5.41) is 6.66. The first-order valence-electron chi connectivity index (χ1n) is 25.3. The fourth-order valence-electron chi connectivity index (χ4n) is 11.3. The van der Waals surface area contributed by atoms with Crippen molar-refractivity contribution < 1.29 is 4.42 Å². The molecule has 0 radical (unpaired) electrons. The second kappa shape index (κ2) is 17.3. The lowest BCUT2D eigenvalue weighted by atomic mass is 10.0. The molecule has 0 spiro atoms. The largest absolute Gasteiger partial charge is 0.452 e. The molecule has 15 aromatic rings. The van der Waals surface area contributed by atoms with Crippen molar-refractivity contribution in [2.75, 3.05) is 0 Å². The van der Waals surface area contributed by atoms with Gasteiger partial charge in [0.05, 0.1) is 27.8 Å². The molecule has 0 saturated heterocycles. The number of nitrogens with zero attached hydrogens (tertiary/aromatic N) is 5. The number of hydrogen-bond acceptors (Lipinski definition) is 4. The zero-order valence-corrected chi connectivity index (χ0v) is 40.5. The fraction of sp³-hybridized carbons (Fsp3) is 0. The number of aromatic nitrogens is 5. The van der Waals surface area contributed by atoms with E-state index >= 15 is 0 Å². The number of para-hydroxylation sites is 3. The van der Waals surface area contributed by atoms with E-state index in [2.05, 4.69) is 258 Å². The molecule has 6 nitrogen and oxygen atoms in total. The van der Waals surface area contributed by atoms with Crippen molar-refractivity contribution in [2.24, 2.45) is 0 Å². The highest BCUT2D eigenvalue weighted by molar-refractivity contribution is 6.26. The van der Waals surface area contributed by atoms with Crippen LogP contribution in [0.4, 0.5) is 0 Å². The molecule has 0 aliphatic heterocycles. The lowest BCUT2D eigenvalue weighted by molar-refractivity contribution is 0.673. The number of benzene rings is 11. The predicted molar refractivity (Wildman–Crippen MR) is 308 cm³/mol. The monoisotopic (exact) mass is 957 g/mol. The van der Waals surface area contributed by atoms with Crippen molar-refractivity contribution in [2.45, 2.75) is 0 Å². The van der Waals surface area contributed by atoms with Gasteiger partial charge in [0.2, 0.25) is 0 Å². The molecule has 15 rings (SSSR count). The van der Waals surface area contributed by atoms with Crippen LogP contribution in [-0.2, 0) is 0 Å². The van der Waals surface area contributed by atoms with E-state index in [9.17, 15) is 0 Å². The topological polar surface area (TPSA) is 61.7 Å². The van der Waals surface area contributed by atoms with Gasteiger partial charge in [-0.15, -0.1) is 0 Å². The summed E-state index contributed by atoms with van der Waals surface area (Å²) >= 11 is 0. The SMILES string of the molecule is c1ccc(-c2cccc(-c3nc(-c4cccc(-c5ccccc5)c4)nc(-c4cccc(-n5c6ccccc6c6ccc7c8ccc9c%10ccccc%10n(-c%10ccccc%10-c%10ccccc%10)c9c8oc7c65)c4)n3)c2)cc1. The molecule has 75 heavy (non-hydrogen) atoms. The maximum atomic E-state index is 7.46. The van der Waals surface area contributed by atoms with Crippen LogP contribution >= 0.6 is 0 Å². The molecule has 0 saturated carbocycles. The first-order chi connectivity index (χ1) is 37.2. The quantitative estimate of drug-likeness (QED) is 0.152. The average Bonchev–Trinajstić information content (AvgIpc) is 4.16. The van der Waals surface area contributed by atoms with Crippen LogP contribution in [0.15, 0.2) is 265 Å². The molecule has 0 aliphatic carbocycles. The molecule has 0 bridgehead atoms. The van der Waals surface area contributed by atoms with Crippen LogP contribution < -0.4 is 0 Å². The van der Waals surface area contributed by atoms with Gasteiger partial charge in [-0.2, -0.15) is 0 Å². The van der Waals surface area contributed by atoms with Crippen molar-refractivity contribution in [1.82, 2.24) is 24.1 Å². The molecular formula is C69H43N5O. The summed E-state index contributed by atoms with van der Waals surface area (Å²) in [6, 6.07) is 92.0. The van der Waals surface area contributed by atoms with E-state index in [0.29, 0.717) is 17.5 Å². The van der Waals surface area contributed by atoms with Gasteiger partial charge in [-0.3, -0.25) is 0 Å². The average molecular weight is 958 g/mol. The van der Waals surface area contributed by atoms with E-state index < -0.39 is 0 Å². The Morgan fingerprint density at radius 2 is 0.667 bits per heavy atom. The van der Waals surface area contributed by atoms with Crippen molar-refractivity contribution in [3.8, 4) is 78.9 Å². The maximum Gasteiger partial charge on any atom is 0.164 e. The Bertz CT molecular complexity index is 4600. The van der Waals surface area contributed by atoms with Crippen molar-refractivity contribution in [3.63, 3.8) is 0 Å². The van der Waals surface area contributed by atoms with Crippen molar-refractivity contribution in [3.05, 3.63) is 261 Å². The van der Waals surface area contributed by atoms with Gasteiger partial charge in [-0.25, -0.2) is 15.0 Å². The van der Waals surface area contributed by atoms with E-state index in [0.717, 1.165) is 122 Å². The van der Waals surface area contributed by atoms with Gasteiger partial charge in [-0.1, -0.05) is 206 Å². The molecule has 0 unspecified atom stereocenters. The minimum atomic E-state index is 0.577. The third-order valence-electron chi connectivity index (χ3n) is 14.8. The van der Waals surface area contributed by atoms with E-state index in [1.807, 2.05) is 12.1 Å². The molecule has 0 N–H and O–H groups in total. The first kappa shape index (κ1) is 42.5. The molecule has 0 atom stereocenters. The van der Waals surface area contributed by atoms with Gasteiger partial charge < -0.3 is 13.6 Å². The minimum absolute atomic E-state index is 0.577. The summed E-state index contributed by atoms with van der Waals surface area (Å²) < 4.78 is 12.2. The Kier molecular flexibility index (Phi) is 9.78. The van der Waals surface area contributed by atoms with E-state index in [1.54, 1.807) is 0 Å². The van der Waals surface area contributed by atoms with Crippen LogP contribution in [0, 0.1) is 0 Å². The molecule has 0 amide bonds. The lowest BCUT2D eigenvalue weighted by Gasteiger charge is -2.14. The summed E-state index contributed by atoms with van der Waals surface area (Å²) in [6.07, 6.45) is 0. The zero-order valence-electron chi connectivity index (χ0n) is 40.5. The first-order valence-corrected chi connectivity index (χ1v) is 25.3. The highest BCUT2D eigenvalue weighted by Crippen LogP contribution is 2.45. The van der Waals surface area contributed by atoms with Gasteiger partial charge in [-0.05, 0) is 82.4 Å². The van der Waals surface area contributed by atoms with Crippen LogP contribution in [0.3, 0.4) is 0 Å². The number of furan rings is 1. The van der Waals surface area contributed by atoms with Gasteiger partial charge in [0.1, 0.15) is 0 Å². The number of fused-ring (bicyclic) bond motifs is 11. The Hall–Kier alpha value is -10.2. The Morgan fingerprint density at radius 1 is 0.267 bits per heavy atom. The van der Waals surface area contributed by atoms with E-state index in [4.69, 9.17) is 19.4 Å². The summed E-state index contributed by atoms with van der Waals surface area (Å²) in [5.74, 6) is 1.77. The molecule has 4 aromatic heterocycles. The van der Waals surface area contributed by atoms with E-state index in [1.165, 1.54) is 5.39 Å². The highest BCUT2D eigenvalue weighted by Gasteiger charge is 2.24. The predicted octanol–water partition coefficient (Wildman–Crippen LogP) is 18.0. The summed E-state index contributed by atoms with van der Waals surface area (Å²) in [6.45, 7) is 0. The molecule has 4 heterocycles. The second-order valence-corrected chi connectivity index (χ2v) is 19.1. The molecule has 6 heteroatoms. The third kappa shape index (κ3) is 6.99. The Labute approximate surface area is 431 Å². The summed E-state index contributed by atoms with van der Waals surface area (Å²) in [5.41, 5.74) is 17.4. The molecular weight excluding hydrogens is 915 g/mol. The molecule has 0 aliphatic rings. The van der Waals surface area contributed by atoms with Crippen LogP contribution in [0.1, 0.15) is 0 Å². The number of hydrogen-bond donors (Lipinski definition) is 0. The number of rotatable bonds is 8. The van der Waals surface area contributed by atoms with Crippen LogP contribution in [0.2, 0.25) is 0 Å². The minimum Gasteiger partial charge on any atom is -0.452 e. The Morgan fingerprint density at radius 3 is 1.23 bits per heavy atom. The zero-order chi connectivity index (χ0) is 49.4. The van der Waals surface area contributed by atoms with E-state index in [-0.39, 0.29) is 0 Å². The molecule has 11 aromatic carbocycles. The highest BCUT2D eigenvalue weighted by atomic mass is 16.3. The van der Waals surface area contributed by atoms with Crippen molar-refractivity contribution in [1.29, 1.82) is 0 Å². The van der Waals surface area contributed by atoms with Crippen LogP contribution in [0.5, 0.6) is 0 Å². The normalized spacial score (nSPS) is 11.7. The van der Waals surface area contributed by atoms with Gasteiger partial charge >= 0.3 is 0 Å². The summed E-state index contributed by atoms with van der Waals surface area (Å²) in [7, 11) is 0. The molecule has 350 valence electrons. The maximum absolute atomic E-state index is 7.46. The van der Waals surface area contributed by atoms with Crippen LogP contribution in [0.25, 0.3) is 144 Å². The standard InChI is InChI=1S/C69H43N5O/c1-4-19-44(20-5-1)47-25-16-27-49(41-47)67-70-68(50-28-17-26-48(42-50)45-21-6-2-7-22-45)72-69(71-67)51-29-18-30-52(43-51)73-61-35-14-11-32-54(61)56-37-39-58-59-40-38-57-55-33-12-15-36-62(55)74(64(57)66(59)75-65(58)63(56)73)60-34-13-10-31-53(60)46-23-8-3-9-24-46/h1-43H. The fourth-order valence-corrected chi connectivity index (χ4v) is 11.3. The Balaban J connectivity index is 0.948. The third-order valence-corrected chi connectivity index (χ3v) is 14.8. The van der Waals surface area contributed by atoms with Crippen LogP contribution in [-0.4, -0.2) is 24.1 Å². The van der Waals surface area contributed by atoms with Gasteiger partial charge in [0.15, 0.2) is 28.6 Å². The van der Waals surface area contributed by atoms with Gasteiger partial charge in [0, 0.05) is 60.3 Å².